The van der Waals surface area contributed by atoms with Crippen molar-refractivity contribution in [3.05, 3.63) is 28.5 Å². The summed E-state index contributed by atoms with van der Waals surface area (Å²) in [7, 11) is 1.26. The molecule has 0 saturated carbocycles. The largest absolute Gasteiger partial charge is 0.549 e. The van der Waals surface area contributed by atoms with Gasteiger partial charge in [-0.3, -0.25) is 0 Å². The van der Waals surface area contributed by atoms with E-state index in [4.69, 9.17) is 9.47 Å². The first-order chi connectivity index (χ1) is 12.0. The molecule has 9 heteroatoms. The first-order valence-electron chi connectivity index (χ1n) is 8.31. The zero-order valence-electron chi connectivity index (χ0n) is 16.2. The van der Waals surface area contributed by atoms with E-state index >= 15 is 0 Å². The average molecular weight is 370 g/mol. The number of aryl methyl sites for hydroxylation is 1. The molecule has 0 radical (unpaired) electrons. The minimum atomic E-state index is -1.26. The molecule has 0 bridgehead atoms. The van der Waals surface area contributed by atoms with Crippen molar-refractivity contribution in [1.29, 1.82) is 0 Å². The summed E-state index contributed by atoms with van der Waals surface area (Å²) in [6.45, 7) is 8.93. The second kappa shape index (κ2) is 8.68. The highest BCUT2D eigenvalue weighted by Gasteiger charge is 2.36. The average Bonchev–Trinajstić information content (AvgIpc) is 2.83. The second-order valence-corrected chi connectivity index (χ2v) is 7.12. The van der Waals surface area contributed by atoms with E-state index in [9.17, 15) is 14.4 Å². The maximum absolute atomic E-state index is 12.1. The third kappa shape index (κ3) is 6.38. The minimum absolute atomic E-state index is 0.213. The van der Waals surface area contributed by atoms with Crippen LogP contribution in [0.1, 0.15) is 46.4 Å². The number of methoxy groups -OCH3 is 1. The summed E-state index contributed by atoms with van der Waals surface area (Å²) < 4.78 is 16.1. The lowest BCUT2D eigenvalue weighted by atomic mass is 9.97. The monoisotopic (exact) mass is 370 g/mol. The number of carbonyl (C=O) groups excluding carboxylic acids is 2. The fraction of sp³-hybridized carbons (Fsp3) is 0.647. The molecule has 0 spiro atoms. The molecule has 0 aromatic carbocycles. The Morgan fingerprint density at radius 1 is 1.27 bits per heavy atom. The molecular formula is C17H28N3O6+. The Kier molecular flexibility index (Phi) is 7.17. The summed E-state index contributed by atoms with van der Waals surface area (Å²) in [5.41, 5.74) is -1.94. The molecule has 0 aliphatic heterocycles. The Hall–Kier alpha value is -2.58. The molecule has 0 fully saturated rings. The number of allylic oxidation sites excluding steroid dienone is 1. The van der Waals surface area contributed by atoms with Gasteiger partial charge in [0.2, 0.25) is 0 Å². The fourth-order valence-corrected chi connectivity index (χ4v) is 2.20. The molecule has 1 heterocycles. The van der Waals surface area contributed by atoms with Crippen LogP contribution in [0.3, 0.4) is 0 Å². The number of aromatic amines is 1. The number of amides is 1. The number of hydrogen-bond acceptors (Lipinski definition) is 6. The van der Waals surface area contributed by atoms with Crippen molar-refractivity contribution in [3.8, 4) is 0 Å². The van der Waals surface area contributed by atoms with Crippen molar-refractivity contribution < 1.29 is 28.7 Å². The van der Waals surface area contributed by atoms with Crippen molar-refractivity contribution in [3.63, 3.8) is 0 Å². The number of aromatic nitrogens is 2. The van der Waals surface area contributed by atoms with E-state index in [1.54, 1.807) is 40.7 Å². The van der Waals surface area contributed by atoms with Gasteiger partial charge in [0.25, 0.3) is 5.82 Å². The Bertz CT molecular complexity index is 713. The van der Waals surface area contributed by atoms with Gasteiger partial charge in [-0.05, 0) is 34.1 Å². The van der Waals surface area contributed by atoms with Crippen molar-refractivity contribution in [2.24, 2.45) is 0 Å². The van der Waals surface area contributed by atoms with Crippen LogP contribution in [-0.4, -0.2) is 34.9 Å². The molecule has 2 N–H and O–H groups in total. The highest BCUT2D eigenvalue weighted by Crippen LogP contribution is 2.15. The lowest BCUT2D eigenvalue weighted by Gasteiger charge is -2.28. The van der Waals surface area contributed by atoms with Crippen molar-refractivity contribution in [2.45, 2.75) is 65.1 Å². The molecule has 0 saturated heterocycles. The lowest BCUT2D eigenvalue weighted by Crippen LogP contribution is -2.53. The number of esters is 1. The summed E-state index contributed by atoms with van der Waals surface area (Å²) in [4.78, 5) is 35.5. The maximum atomic E-state index is 12.1. The van der Waals surface area contributed by atoms with Crippen molar-refractivity contribution in [2.75, 3.05) is 7.11 Å². The third-order valence-electron chi connectivity index (χ3n) is 3.54. The summed E-state index contributed by atoms with van der Waals surface area (Å²) >= 11 is 0. The minimum Gasteiger partial charge on any atom is -0.467 e. The zero-order chi connectivity index (χ0) is 20.0. The van der Waals surface area contributed by atoms with Gasteiger partial charge in [-0.2, -0.15) is 9.36 Å². The summed E-state index contributed by atoms with van der Waals surface area (Å²) in [6, 6.07) is 0. The Morgan fingerprint density at radius 3 is 2.42 bits per heavy atom. The molecule has 1 rings (SSSR count). The van der Waals surface area contributed by atoms with Gasteiger partial charge >= 0.3 is 17.8 Å². The Balaban J connectivity index is 2.67. The van der Waals surface area contributed by atoms with Gasteiger partial charge in [-0.15, -0.1) is 0 Å². The summed E-state index contributed by atoms with van der Waals surface area (Å²) in [5.74, 6) is -0.416. The molecule has 26 heavy (non-hydrogen) atoms. The molecular weight excluding hydrogens is 342 g/mol. The molecule has 1 aromatic heterocycles. The van der Waals surface area contributed by atoms with Crippen LogP contribution in [0.5, 0.6) is 0 Å². The number of hydrogen-bond donors (Lipinski definition) is 1. The van der Waals surface area contributed by atoms with E-state index in [0.717, 1.165) is 0 Å². The van der Waals surface area contributed by atoms with E-state index in [-0.39, 0.29) is 6.42 Å². The van der Waals surface area contributed by atoms with E-state index in [2.05, 4.69) is 15.0 Å². The molecule has 0 aliphatic carbocycles. The number of nitrogens with zero attached hydrogens (tertiary/aromatic N) is 1. The van der Waals surface area contributed by atoms with Crippen molar-refractivity contribution in [1.82, 2.24) is 9.88 Å². The van der Waals surface area contributed by atoms with Gasteiger partial charge in [-0.25, -0.2) is 14.1 Å². The van der Waals surface area contributed by atoms with E-state index in [1.807, 2.05) is 6.08 Å². The molecule has 1 atom stereocenters. The van der Waals surface area contributed by atoms with Crippen molar-refractivity contribution >= 4 is 12.1 Å². The molecule has 9 nitrogen and oxygen atoms in total. The number of H-pyrrole nitrogens is 1. The summed E-state index contributed by atoms with van der Waals surface area (Å²) in [6.07, 6.45) is 3.63. The molecule has 146 valence electrons. The lowest BCUT2D eigenvalue weighted by molar-refractivity contribution is -0.618. The van der Waals surface area contributed by atoms with Gasteiger partial charge in [0, 0.05) is 13.3 Å². The van der Waals surface area contributed by atoms with Crippen LogP contribution in [0.2, 0.25) is 0 Å². The molecule has 1 amide bonds. The predicted molar refractivity (Wildman–Crippen MR) is 92.4 cm³/mol. The van der Waals surface area contributed by atoms with Gasteiger partial charge in [0.15, 0.2) is 0 Å². The van der Waals surface area contributed by atoms with Gasteiger partial charge in [-0.1, -0.05) is 17.3 Å². The topological polar surface area (TPSA) is 114 Å². The highest BCUT2D eigenvalue weighted by atomic mass is 16.6. The fourth-order valence-electron chi connectivity index (χ4n) is 2.20. The highest BCUT2D eigenvalue weighted by molar-refractivity contribution is 5.85. The van der Waals surface area contributed by atoms with Gasteiger partial charge in [0.05, 0.1) is 7.11 Å². The maximum Gasteiger partial charge on any atom is 0.549 e. The predicted octanol–water partition coefficient (Wildman–Crippen LogP) is 1.36. The first-order valence-corrected chi connectivity index (χ1v) is 8.31. The first kappa shape index (κ1) is 21.5. The van der Waals surface area contributed by atoms with Gasteiger partial charge in [0.1, 0.15) is 17.7 Å². The summed E-state index contributed by atoms with van der Waals surface area (Å²) in [5, 5.41) is 5.05. The number of alkyl carbamates (subject to hydrolysis) is 1. The van der Waals surface area contributed by atoms with Crippen LogP contribution in [0.25, 0.3) is 0 Å². The number of rotatable bonds is 7. The standard InChI is InChI=1S/C17H27N3O6/c1-12-19-26-15(23)20(12)11-9-7-8-10-17(5,13(21)24-6)18-14(22)25-16(2,3)4/h7-8H,9-11H2,1-6H3,(H,18,22)/p+1/b8-7-. The molecule has 1 aromatic rings. The quantitative estimate of drug-likeness (QED) is 0.572. The zero-order valence-corrected chi connectivity index (χ0v) is 16.2. The van der Waals surface area contributed by atoms with Crippen LogP contribution < -0.4 is 16.2 Å². The van der Waals surface area contributed by atoms with Crippen LogP contribution in [0.15, 0.2) is 21.5 Å². The number of nitrogens with one attached hydrogen (secondary N) is 2. The van der Waals surface area contributed by atoms with Gasteiger partial charge < -0.3 is 14.8 Å². The SMILES string of the molecule is COC(=O)C(C)(C/C=C\CCn1c(C)[nH+]oc1=O)NC(=O)OC(C)(C)C. The van der Waals surface area contributed by atoms with E-state index in [0.29, 0.717) is 18.8 Å². The third-order valence-corrected chi connectivity index (χ3v) is 3.54. The van der Waals surface area contributed by atoms with Crippen LogP contribution in [0, 0.1) is 6.92 Å². The smallest absolute Gasteiger partial charge is 0.467 e. The number of carbonyl (C=O) groups is 2. The van der Waals surface area contributed by atoms with E-state index in [1.165, 1.54) is 11.7 Å². The normalized spacial score (nSPS) is 14.1. The second-order valence-electron chi connectivity index (χ2n) is 7.12. The Labute approximate surface area is 152 Å². The molecule has 0 aliphatic rings. The molecule has 1 unspecified atom stereocenters. The Morgan fingerprint density at radius 2 is 1.92 bits per heavy atom. The van der Waals surface area contributed by atoms with E-state index < -0.39 is 29.0 Å². The van der Waals surface area contributed by atoms with Crippen LogP contribution in [0.4, 0.5) is 4.79 Å². The van der Waals surface area contributed by atoms with Crippen LogP contribution >= 0.6 is 0 Å². The van der Waals surface area contributed by atoms with Crippen LogP contribution in [-0.2, 0) is 20.8 Å². The number of ether oxygens (including phenoxy) is 2.